The minimum absolute atomic E-state index is 0.599. The van der Waals surface area contributed by atoms with Crippen LogP contribution in [0.1, 0.15) is 23.1 Å². The second kappa shape index (κ2) is 5.16. The van der Waals surface area contributed by atoms with Crippen molar-refractivity contribution >= 4 is 11.8 Å². The van der Waals surface area contributed by atoms with Crippen molar-refractivity contribution in [2.75, 3.05) is 12.3 Å². The van der Waals surface area contributed by atoms with E-state index in [2.05, 4.69) is 34.6 Å². The summed E-state index contributed by atoms with van der Waals surface area (Å²) in [6.45, 7) is 3.60. The van der Waals surface area contributed by atoms with Crippen molar-refractivity contribution in [3.63, 3.8) is 0 Å². The van der Waals surface area contributed by atoms with Crippen LogP contribution in [0.2, 0.25) is 0 Å². The molecule has 1 atom stereocenters. The molecule has 94 valence electrons. The molecule has 0 bridgehead atoms. The molecule has 1 N–H and O–H groups in total. The van der Waals surface area contributed by atoms with Gasteiger partial charge in [-0.3, -0.25) is 0 Å². The molecule has 2 heterocycles. The first-order valence-electron chi connectivity index (χ1n) is 6.16. The Hall–Kier alpha value is -1.26. The van der Waals surface area contributed by atoms with Gasteiger partial charge in [-0.25, -0.2) is 4.98 Å². The van der Waals surface area contributed by atoms with Crippen LogP contribution in [0.25, 0.3) is 0 Å². The summed E-state index contributed by atoms with van der Waals surface area (Å²) < 4.78 is 5.44. The Bertz CT molecular complexity index is 538. The number of oxazole rings is 1. The molecule has 1 aliphatic heterocycles. The topological polar surface area (TPSA) is 38.1 Å². The molecule has 1 aromatic carbocycles. The van der Waals surface area contributed by atoms with Crippen LogP contribution in [-0.4, -0.2) is 17.3 Å². The maximum Gasteiger partial charge on any atom is 0.208 e. The smallest absolute Gasteiger partial charge is 0.208 e. The van der Waals surface area contributed by atoms with Crippen molar-refractivity contribution in [3.05, 3.63) is 47.7 Å². The van der Waals surface area contributed by atoms with Crippen LogP contribution in [0.15, 0.2) is 39.8 Å². The molecule has 2 aromatic rings. The Morgan fingerprint density at radius 1 is 1.44 bits per heavy atom. The lowest BCUT2D eigenvalue weighted by Crippen LogP contribution is -2.21. The summed E-state index contributed by atoms with van der Waals surface area (Å²) in [5.41, 5.74) is 1.47. The van der Waals surface area contributed by atoms with Gasteiger partial charge in [-0.1, -0.05) is 18.2 Å². The maximum atomic E-state index is 5.44. The van der Waals surface area contributed by atoms with Crippen molar-refractivity contribution in [1.82, 2.24) is 10.3 Å². The van der Waals surface area contributed by atoms with Gasteiger partial charge in [0, 0.05) is 23.1 Å². The fraction of sp³-hybridized carbons (Fsp3) is 0.357. The number of hydrogen-bond acceptors (Lipinski definition) is 4. The number of hydrogen-bond donors (Lipinski definition) is 1. The summed E-state index contributed by atoms with van der Waals surface area (Å²) in [5.74, 6) is 3.40. The van der Waals surface area contributed by atoms with Gasteiger partial charge in [0.25, 0.3) is 0 Å². The van der Waals surface area contributed by atoms with E-state index < -0.39 is 0 Å². The van der Waals surface area contributed by atoms with Crippen molar-refractivity contribution in [2.45, 2.75) is 24.3 Å². The molecule has 0 radical (unpaired) electrons. The fourth-order valence-corrected chi connectivity index (χ4v) is 3.49. The number of aryl methyl sites for hydroxylation is 1. The summed E-state index contributed by atoms with van der Waals surface area (Å²) >= 11 is 1.95. The summed E-state index contributed by atoms with van der Waals surface area (Å²) in [6.07, 6.45) is 1.76. The lowest BCUT2D eigenvalue weighted by Gasteiger charge is -2.10. The van der Waals surface area contributed by atoms with E-state index in [0.29, 0.717) is 12.5 Å². The summed E-state index contributed by atoms with van der Waals surface area (Å²) in [5, 5.41) is 3.43. The number of rotatable bonds is 4. The Labute approximate surface area is 111 Å². The third-order valence-electron chi connectivity index (χ3n) is 3.13. The van der Waals surface area contributed by atoms with Crippen LogP contribution in [0.4, 0.5) is 0 Å². The lowest BCUT2D eigenvalue weighted by atomic mass is 10.0. The predicted octanol–water partition coefficient (Wildman–Crippen LogP) is 2.96. The Morgan fingerprint density at radius 2 is 2.33 bits per heavy atom. The van der Waals surface area contributed by atoms with Crippen molar-refractivity contribution in [2.24, 2.45) is 0 Å². The van der Waals surface area contributed by atoms with Crippen molar-refractivity contribution < 1.29 is 4.42 Å². The minimum atomic E-state index is 0.599. The Morgan fingerprint density at radius 3 is 3.17 bits per heavy atom. The molecular weight excluding hydrogens is 244 g/mol. The molecule has 1 aliphatic rings. The SMILES string of the molecule is Cc1cnc(CNCC2CSc3ccccc32)o1. The standard InChI is InChI=1S/C14H16N2OS/c1-10-6-16-14(17-10)8-15-7-11-9-18-13-5-3-2-4-12(11)13/h2-6,11,15H,7-9H2,1H3. The molecule has 1 aromatic heterocycles. The lowest BCUT2D eigenvalue weighted by molar-refractivity contribution is 0.445. The molecule has 4 heteroatoms. The Balaban J connectivity index is 1.56. The average molecular weight is 260 g/mol. The average Bonchev–Trinajstić information content (AvgIpc) is 2.97. The summed E-state index contributed by atoms with van der Waals surface area (Å²) in [4.78, 5) is 5.62. The van der Waals surface area contributed by atoms with E-state index in [0.717, 1.165) is 23.9 Å². The molecule has 3 rings (SSSR count). The van der Waals surface area contributed by atoms with Gasteiger partial charge in [0.05, 0.1) is 12.7 Å². The van der Waals surface area contributed by atoms with Crippen LogP contribution in [0, 0.1) is 6.92 Å². The van der Waals surface area contributed by atoms with Gasteiger partial charge < -0.3 is 9.73 Å². The predicted molar refractivity (Wildman–Crippen MR) is 72.9 cm³/mol. The first kappa shape index (κ1) is 11.8. The molecule has 0 saturated carbocycles. The van der Waals surface area contributed by atoms with E-state index in [1.807, 2.05) is 18.7 Å². The molecule has 0 aliphatic carbocycles. The number of thioether (sulfide) groups is 1. The zero-order valence-electron chi connectivity index (χ0n) is 10.3. The number of nitrogens with one attached hydrogen (secondary N) is 1. The molecular formula is C14H16N2OS. The van der Waals surface area contributed by atoms with Gasteiger partial charge in [0.2, 0.25) is 5.89 Å². The normalized spacial score (nSPS) is 17.9. The highest BCUT2D eigenvalue weighted by atomic mass is 32.2. The van der Waals surface area contributed by atoms with E-state index in [-0.39, 0.29) is 0 Å². The van der Waals surface area contributed by atoms with Gasteiger partial charge in [-0.05, 0) is 18.6 Å². The minimum Gasteiger partial charge on any atom is -0.445 e. The van der Waals surface area contributed by atoms with Gasteiger partial charge in [0.15, 0.2) is 0 Å². The molecule has 1 unspecified atom stereocenters. The van der Waals surface area contributed by atoms with E-state index in [1.165, 1.54) is 10.5 Å². The van der Waals surface area contributed by atoms with Crippen LogP contribution in [0.3, 0.4) is 0 Å². The Kier molecular flexibility index (Phi) is 3.39. The number of aromatic nitrogens is 1. The van der Waals surface area contributed by atoms with Gasteiger partial charge in [-0.15, -0.1) is 11.8 Å². The molecule has 3 nitrogen and oxygen atoms in total. The summed E-state index contributed by atoms with van der Waals surface area (Å²) in [6, 6.07) is 8.67. The summed E-state index contributed by atoms with van der Waals surface area (Å²) in [7, 11) is 0. The number of nitrogens with zero attached hydrogens (tertiary/aromatic N) is 1. The first-order chi connectivity index (χ1) is 8.83. The van der Waals surface area contributed by atoms with E-state index >= 15 is 0 Å². The van der Waals surface area contributed by atoms with Crippen molar-refractivity contribution in [3.8, 4) is 0 Å². The molecule has 0 spiro atoms. The highest BCUT2D eigenvalue weighted by molar-refractivity contribution is 7.99. The van der Waals surface area contributed by atoms with E-state index in [4.69, 9.17) is 4.42 Å². The van der Waals surface area contributed by atoms with Gasteiger partial charge in [0.1, 0.15) is 5.76 Å². The quantitative estimate of drug-likeness (QED) is 0.917. The molecule has 0 fully saturated rings. The monoisotopic (exact) mass is 260 g/mol. The van der Waals surface area contributed by atoms with Gasteiger partial charge in [-0.2, -0.15) is 0 Å². The van der Waals surface area contributed by atoms with Crippen LogP contribution < -0.4 is 5.32 Å². The van der Waals surface area contributed by atoms with E-state index in [9.17, 15) is 0 Å². The molecule has 18 heavy (non-hydrogen) atoms. The van der Waals surface area contributed by atoms with Crippen LogP contribution >= 0.6 is 11.8 Å². The molecule has 0 saturated heterocycles. The van der Waals surface area contributed by atoms with E-state index in [1.54, 1.807) is 6.20 Å². The number of fused-ring (bicyclic) bond motifs is 1. The van der Waals surface area contributed by atoms with Gasteiger partial charge >= 0.3 is 0 Å². The second-order valence-corrected chi connectivity index (χ2v) is 5.60. The maximum absolute atomic E-state index is 5.44. The van der Waals surface area contributed by atoms with Crippen LogP contribution in [0.5, 0.6) is 0 Å². The van der Waals surface area contributed by atoms with Crippen molar-refractivity contribution in [1.29, 1.82) is 0 Å². The largest absolute Gasteiger partial charge is 0.445 e. The van der Waals surface area contributed by atoms with Crippen LogP contribution in [-0.2, 0) is 6.54 Å². The highest BCUT2D eigenvalue weighted by Crippen LogP contribution is 2.38. The first-order valence-corrected chi connectivity index (χ1v) is 7.15. The number of benzene rings is 1. The zero-order chi connectivity index (χ0) is 12.4. The second-order valence-electron chi connectivity index (χ2n) is 4.54. The zero-order valence-corrected chi connectivity index (χ0v) is 11.2. The highest BCUT2D eigenvalue weighted by Gasteiger charge is 2.22. The third kappa shape index (κ3) is 2.44. The third-order valence-corrected chi connectivity index (χ3v) is 4.39. The molecule has 0 amide bonds. The fourth-order valence-electron chi connectivity index (χ4n) is 2.23.